The molecule has 2 heterocycles. The molecule has 0 N–H and O–H groups in total. The average molecular weight is 201 g/mol. The van der Waals surface area contributed by atoms with E-state index in [4.69, 9.17) is 0 Å². The molecule has 0 aliphatic heterocycles. The van der Waals surface area contributed by atoms with Crippen LogP contribution in [-0.2, 0) is 6.42 Å². The van der Waals surface area contributed by atoms with Crippen LogP contribution in [-0.4, -0.2) is 14.8 Å². The number of hydrogen-bond donors (Lipinski definition) is 0. The molecule has 0 saturated heterocycles. The minimum Gasteiger partial charge on any atom is -0.262 e. The Morgan fingerprint density at radius 1 is 1.33 bits per heavy atom. The summed E-state index contributed by atoms with van der Waals surface area (Å²) in [6, 6.07) is 6.00. The zero-order valence-corrected chi connectivity index (χ0v) is 8.93. The fourth-order valence-corrected chi connectivity index (χ4v) is 1.49. The number of aryl methyl sites for hydroxylation is 1. The quantitative estimate of drug-likeness (QED) is 0.761. The maximum absolute atomic E-state index is 4.49. The molecule has 78 valence electrons. The highest BCUT2D eigenvalue weighted by Crippen LogP contribution is 2.07. The fourth-order valence-electron chi connectivity index (χ4n) is 1.49. The Morgan fingerprint density at radius 2 is 2.27 bits per heavy atom. The van der Waals surface area contributed by atoms with E-state index in [2.05, 4.69) is 23.1 Å². The van der Waals surface area contributed by atoms with Crippen molar-refractivity contribution in [2.45, 2.75) is 26.2 Å². The zero-order valence-electron chi connectivity index (χ0n) is 8.93. The summed E-state index contributed by atoms with van der Waals surface area (Å²) in [6.45, 7) is 2.19. The summed E-state index contributed by atoms with van der Waals surface area (Å²) >= 11 is 0. The third kappa shape index (κ3) is 2.43. The van der Waals surface area contributed by atoms with E-state index in [1.165, 1.54) is 12.8 Å². The molecule has 3 heteroatoms. The predicted molar refractivity (Wildman–Crippen MR) is 60.0 cm³/mol. The molecule has 15 heavy (non-hydrogen) atoms. The van der Waals surface area contributed by atoms with Gasteiger partial charge in [-0.3, -0.25) is 4.98 Å². The van der Waals surface area contributed by atoms with Gasteiger partial charge in [0.2, 0.25) is 0 Å². The molecule has 0 radical (unpaired) electrons. The molecule has 0 spiro atoms. The minimum atomic E-state index is 1.01. The molecule has 0 aromatic carbocycles. The van der Waals surface area contributed by atoms with E-state index < -0.39 is 0 Å². The minimum absolute atomic E-state index is 1.01. The molecule has 2 aromatic heterocycles. The van der Waals surface area contributed by atoms with Crippen LogP contribution in [0.3, 0.4) is 0 Å². The van der Waals surface area contributed by atoms with Crippen LogP contribution in [0.15, 0.2) is 36.8 Å². The largest absolute Gasteiger partial charge is 0.262 e. The van der Waals surface area contributed by atoms with Crippen molar-refractivity contribution in [1.82, 2.24) is 14.8 Å². The SMILES string of the molecule is CCCCc1ccn(-c2cccnc2)n1. The lowest BCUT2D eigenvalue weighted by Crippen LogP contribution is -1.96. The molecule has 0 unspecified atom stereocenters. The monoisotopic (exact) mass is 201 g/mol. The number of hydrogen-bond acceptors (Lipinski definition) is 2. The summed E-state index contributed by atoms with van der Waals surface area (Å²) in [4.78, 5) is 4.07. The summed E-state index contributed by atoms with van der Waals surface area (Å²) in [5.41, 5.74) is 2.17. The lowest BCUT2D eigenvalue weighted by atomic mass is 10.2. The van der Waals surface area contributed by atoms with Crippen molar-refractivity contribution >= 4 is 0 Å². The number of unbranched alkanes of at least 4 members (excludes halogenated alkanes) is 1. The second-order valence-electron chi connectivity index (χ2n) is 3.57. The summed E-state index contributed by atoms with van der Waals surface area (Å²) in [7, 11) is 0. The van der Waals surface area contributed by atoms with Gasteiger partial charge in [0, 0.05) is 12.4 Å². The van der Waals surface area contributed by atoms with Gasteiger partial charge in [0.15, 0.2) is 0 Å². The van der Waals surface area contributed by atoms with E-state index in [9.17, 15) is 0 Å². The van der Waals surface area contributed by atoms with Crippen LogP contribution >= 0.6 is 0 Å². The van der Waals surface area contributed by atoms with Crippen LogP contribution in [0, 0.1) is 0 Å². The van der Waals surface area contributed by atoms with E-state index in [-0.39, 0.29) is 0 Å². The second kappa shape index (κ2) is 4.73. The van der Waals surface area contributed by atoms with Crippen LogP contribution < -0.4 is 0 Å². The lowest BCUT2D eigenvalue weighted by Gasteiger charge is -1.99. The van der Waals surface area contributed by atoms with E-state index in [0.717, 1.165) is 17.8 Å². The Labute approximate surface area is 89.8 Å². The zero-order chi connectivity index (χ0) is 10.5. The number of nitrogens with zero attached hydrogens (tertiary/aromatic N) is 3. The smallest absolute Gasteiger partial charge is 0.0828 e. The molecule has 3 nitrogen and oxygen atoms in total. The maximum Gasteiger partial charge on any atom is 0.0828 e. The van der Waals surface area contributed by atoms with Gasteiger partial charge >= 0.3 is 0 Å². The van der Waals surface area contributed by atoms with Gasteiger partial charge < -0.3 is 0 Å². The van der Waals surface area contributed by atoms with Crippen molar-refractivity contribution in [2.24, 2.45) is 0 Å². The third-order valence-corrected chi connectivity index (χ3v) is 2.34. The second-order valence-corrected chi connectivity index (χ2v) is 3.57. The molecule has 2 rings (SSSR count). The van der Waals surface area contributed by atoms with Gasteiger partial charge in [0.1, 0.15) is 0 Å². The molecular weight excluding hydrogens is 186 g/mol. The van der Waals surface area contributed by atoms with E-state index in [0.29, 0.717) is 0 Å². The van der Waals surface area contributed by atoms with Gasteiger partial charge in [-0.2, -0.15) is 5.10 Å². The van der Waals surface area contributed by atoms with Crippen LogP contribution in [0.5, 0.6) is 0 Å². The summed E-state index contributed by atoms with van der Waals surface area (Å²) in [5, 5.41) is 4.49. The highest BCUT2D eigenvalue weighted by molar-refractivity contribution is 5.26. The molecule has 0 aliphatic carbocycles. The molecule has 0 bridgehead atoms. The molecule has 0 atom stereocenters. The number of rotatable bonds is 4. The number of pyridine rings is 1. The van der Waals surface area contributed by atoms with Crippen molar-refractivity contribution < 1.29 is 0 Å². The maximum atomic E-state index is 4.49. The van der Waals surface area contributed by atoms with Crippen LogP contribution in [0.4, 0.5) is 0 Å². The van der Waals surface area contributed by atoms with Gasteiger partial charge in [-0.05, 0) is 31.0 Å². The standard InChI is InChI=1S/C12H15N3/c1-2-3-5-11-7-9-15(14-11)12-6-4-8-13-10-12/h4,6-10H,2-3,5H2,1H3. The van der Waals surface area contributed by atoms with Crippen molar-refractivity contribution in [2.75, 3.05) is 0 Å². The molecule has 0 aliphatic rings. The molecule has 0 fully saturated rings. The van der Waals surface area contributed by atoms with E-state index >= 15 is 0 Å². The first-order valence-electron chi connectivity index (χ1n) is 5.35. The topological polar surface area (TPSA) is 30.7 Å². The van der Waals surface area contributed by atoms with Crippen LogP contribution in [0.2, 0.25) is 0 Å². The Hall–Kier alpha value is -1.64. The first-order chi connectivity index (χ1) is 7.40. The molecular formula is C12H15N3. The van der Waals surface area contributed by atoms with Gasteiger partial charge in [-0.15, -0.1) is 0 Å². The fraction of sp³-hybridized carbons (Fsp3) is 0.333. The highest BCUT2D eigenvalue weighted by Gasteiger charge is 1.99. The molecule has 0 amide bonds. The predicted octanol–water partition coefficient (Wildman–Crippen LogP) is 2.61. The first kappa shape index (κ1) is 9.90. The van der Waals surface area contributed by atoms with E-state index in [1.807, 2.05) is 29.2 Å². The van der Waals surface area contributed by atoms with Gasteiger partial charge in [0.05, 0.1) is 17.6 Å². The number of aromatic nitrogens is 3. The van der Waals surface area contributed by atoms with Crippen molar-refractivity contribution in [3.05, 3.63) is 42.5 Å². The Kier molecular flexibility index (Phi) is 3.12. The van der Waals surface area contributed by atoms with Gasteiger partial charge in [-0.25, -0.2) is 4.68 Å². The lowest BCUT2D eigenvalue weighted by molar-refractivity contribution is 0.751. The normalized spacial score (nSPS) is 10.5. The Balaban J connectivity index is 2.14. The van der Waals surface area contributed by atoms with Crippen LogP contribution in [0.25, 0.3) is 5.69 Å². The van der Waals surface area contributed by atoms with Crippen molar-refractivity contribution in [3.8, 4) is 5.69 Å². The summed E-state index contributed by atoms with van der Waals surface area (Å²) in [5.74, 6) is 0. The summed E-state index contributed by atoms with van der Waals surface area (Å²) < 4.78 is 1.87. The Morgan fingerprint density at radius 3 is 3.00 bits per heavy atom. The van der Waals surface area contributed by atoms with Gasteiger partial charge in [0.25, 0.3) is 0 Å². The average Bonchev–Trinajstić information content (AvgIpc) is 2.76. The molecule has 0 saturated carbocycles. The van der Waals surface area contributed by atoms with Crippen molar-refractivity contribution in [3.63, 3.8) is 0 Å². The third-order valence-electron chi connectivity index (χ3n) is 2.34. The van der Waals surface area contributed by atoms with E-state index in [1.54, 1.807) is 6.20 Å². The molecule has 2 aromatic rings. The highest BCUT2D eigenvalue weighted by atomic mass is 15.3. The van der Waals surface area contributed by atoms with Crippen LogP contribution in [0.1, 0.15) is 25.5 Å². The van der Waals surface area contributed by atoms with Gasteiger partial charge in [-0.1, -0.05) is 13.3 Å². The van der Waals surface area contributed by atoms with Crippen molar-refractivity contribution in [1.29, 1.82) is 0 Å². The summed E-state index contributed by atoms with van der Waals surface area (Å²) in [6.07, 6.45) is 9.04. The first-order valence-corrected chi connectivity index (χ1v) is 5.35. The Bertz CT molecular complexity index is 406.